The third-order valence-electron chi connectivity index (χ3n) is 4.96. The number of amides is 2. The second kappa shape index (κ2) is 11.3. The lowest BCUT2D eigenvalue weighted by Crippen LogP contribution is -2.47. The minimum absolute atomic E-state index is 0.183. The number of benzene rings is 2. The first-order valence-corrected chi connectivity index (χ1v) is 10.8. The van der Waals surface area contributed by atoms with Crippen molar-refractivity contribution in [1.82, 2.24) is 10.2 Å². The van der Waals surface area contributed by atoms with Crippen LogP contribution in [0.15, 0.2) is 36.4 Å². The highest BCUT2D eigenvalue weighted by molar-refractivity contribution is 6.34. The number of hydrogen-bond acceptors (Lipinski definition) is 5. The van der Waals surface area contributed by atoms with E-state index in [1.54, 1.807) is 25.1 Å². The van der Waals surface area contributed by atoms with Gasteiger partial charge in [-0.2, -0.15) is 0 Å². The Labute approximate surface area is 191 Å². The van der Waals surface area contributed by atoms with Crippen molar-refractivity contribution in [2.75, 3.05) is 38.2 Å². The molecule has 0 bridgehead atoms. The number of halogens is 2. The minimum atomic E-state index is -0.344. The molecule has 0 spiro atoms. The zero-order valence-electron chi connectivity index (χ0n) is 18.1. The van der Waals surface area contributed by atoms with Crippen LogP contribution in [0.4, 0.5) is 10.1 Å². The van der Waals surface area contributed by atoms with Gasteiger partial charge in [-0.3, -0.25) is 14.5 Å². The fourth-order valence-corrected chi connectivity index (χ4v) is 3.70. The summed E-state index contributed by atoms with van der Waals surface area (Å²) in [7, 11) is 0. The molecule has 2 N–H and O–H groups in total. The Hall–Kier alpha value is -2.68. The van der Waals surface area contributed by atoms with Crippen LogP contribution in [0.25, 0.3) is 0 Å². The Morgan fingerprint density at radius 3 is 2.72 bits per heavy atom. The summed E-state index contributed by atoms with van der Waals surface area (Å²) in [4.78, 5) is 26.4. The van der Waals surface area contributed by atoms with Gasteiger partial charge in [0.05, 0.1) is 35.6 Å². The Kier molecular flexibility index (Phi) is 8.44. The smallest absolute Gasteiger partial charge is 0.255 e. The van der Waals surface area contributed by atoms with Crippen LogP contribution < -0.4 is 15.4 Å². The van der Waals surface area contributed by atoms with Crippen molar-refractivity contribution in [2.24, 2.45) is 0 Å². The van der Waals surface area contributed by atoms with Crippen molar-refractivity contribution in [1.29, 1.82) is 0 Å². The van der Waals surface area contributed by atoms with E-state index in [4.69, 9.17) is 21.1 Å². The van der Waals surface area contributed by atoms with E-state index in [1.165, 1.54) is 25.1 Å². The second-order valence-electron chi connectivity index (χ2n) is 7.51. The lowest BCUT2D eigenvalue weighted by molar-refractivity contribution is -0.114. The fourth-order valence-electron chi connectivity index (χ4n) is 3.49. The molecule has 1 heterocycles. The molecule has 32 heavy (non-hydrogen) atoms. The maximum Gasteiger partial charge on any atom is 0.255 e. The average molecular weight is 464 g/mol. The topological polar surface area (TPSA) is 79.9 Å². The molecule has 0 radical (unpaired) electrons. The van der Waals surface area contributed by atoms with Gasteiger partial charge in [0.1, 0.15) is 11.6 Å². The number of carbonyl (C=O) groups is 2. The van der Waals surface area contributed by atoms with Gasteiger partial charge in [-0.1, -0.05) is 23.7 Å². The molecule has 7 nitrogen and oxygen atoms in total. The van der Waals surface area contributed by atoms with Gasteiger partial charge in [0.15, 0.2) is 0 Å². The number of anilines is 1. The van der Waals surface area contributed by atoms with Crippen LogP contribution in [-0.4, -0.2) is 55.7 Å². The molecule has 3 rings (SSSR count). The van der Waals surface area contributed by atoms with Crippen molar-refractivity contribution in [3.8, 4) is 5.75 Å². The molecule has 1 aliphatic rings. The second-order valence-corrected chi connectivity index (χ2v) is 7.91. The molecule has 1 aliphatic heterocycles. The first-order valence-electron chi connectivity index (χ1n) is 10.5. The van der Waals surface area contributed by atoms with Crippen LogP contribution in [0.3, 0.4) is 0 Å². The molecule has 1 saturated heterocycles. The molecule has 9 heteroatoms. The van der Waals surface area contributed by atoms with Crippen molar-refractivity contribution >= 4 is 29.1 Å². The Morgan fingerprint density at radius 2 is 2.03 bits per heavy atom. The fraction of sp³-hybridized carbons (Fsp3) is 0.391. The quantitative estimate of drug-likeness (QED) is 0.626. The Bertz CT molecular complexity index is 955. The molecular weight excluding hydrogens is 437 g/mol. The zero-order chi connectivity index (χ0) is 23.1. The summed E-state index contributed by atoms with van der Waals surface area (Å²) >= 11 is 6.24. The van der Waals surface area contributed by atoms with E-state index in [2.05, 4.69) is 15.5 Å². The zero-order valence-corrected chi connectivity index (χ0v) is 18.9. The standard InChI is InChI=1S/C23H27ClFN3O4/c1-3-31-22-11-21(27-15(2)29)20(24)10-19(22)23(30)26-12-18-14-28(8-9-32-18)13-16-4-6-17(25)7-5-16/h4-7,10-11,18H,3,8-9,12-14H2,1-2H3,(H,26,30)(H,27,29). The first kappa shape index (κ1) is 24.0. The van der Waals surface area contributed by atoms with Crippen LogP contribution in [0, 0.1) is 5.82 Å². The number of carbonyl (C=O) groups excluding carboxylic acids is 2. The molecule has 0 saturated carbocycles. The van der Waals surface area contributed by atoms with Gasteiger partial charge in [-0.15, -0.1) is 0 Å². The van der Waals surface area contributed by atoms with Gasteiger partial charge in [0.25, 0.3) is 5.91 Å². The summed E-state index contributed by atoms with van der Waals surface area (Å²) < 4.78 is 24.5. The summed E-state index contributed by atoms with van der Waals surface area (Å²) in [5.74, 6) is -0.538. The summed E-state index contributed by atoms with van der Waals surface area (Å²) in [6.07, 6.45) is -0.183. The van der Waals surface area contributed by atoms with E-state index in [1.807, 2.05) is 0 Å². The summed E-state index contributed by atoms with van der Waals surface area (Å²) in [6, 6.07) is 9.47. The summed E-state index contributed by atoms with van der Waals surface area (Å²) in [6.45, 7) is 6.47. The predicted octanol–water partition coefficient (Wildman–Crippen LogP) is 3.47. The van der Waals surface area contributed by atoms with Crippen molar-refractivity contribution < 1.29 is 23.5 Å². The lowest BCUT2D eigenvalue weighted by Gasteiger charge is -2.33. The number of rotatable bonds is 8. The molecule has 0 aromatic heterocycles. The van der Waals surface area contributed by atoms with E-state index in [9.17, 15) is 14.0 Å². The van der Waals surface area contributed by atoms with Gasteiger partial charge in [0.2, 0.25) is 5.91 Å². The molecular formula is C23H27ClFN3O4. The molecule has 172 valence electrons. The van der Waals surface area contributed by atoms with Gasteiger partial charge in [0, 0.05) is 39.2 Å². The SMILES string of the molecule is CCOc1cc(NC(C)=O)c(Cl)cc1C(=O)NCC1CN(Cc2ccc(F)cc2)CCO1. The Balaban J connectivity index is 1.61. The lowest BCUT2D eigenvalue weighted by atomic mass is 10.1. The van der Waals surface area contributed by atoms with Crippen LogP contribution in [0.5, 0.6) is 5.75 Å². The van der Waals surface area contributed by atoms with E-state index < -0.39 is 0 Å². The maximum atomic E-state index is 13.1. The van der Waals surface area contributed by atoms with Crippen molar-refractivity contribution in [3.05, 3.63) is 58.4 Å². The van der Waals surface area contributed by atoms with E-state index in [0.717, 1.165) is 12.1 Å². The largest absolute Gasteiger partial charge is 0.493 e. The molecule has 1 fully saturated rings. The van der Waals surface area contributed by atoms with Gasteiger partial charge < -0.3 is 20.1 Å². The van der Waals surface area contributed by atoms with Crippen LogP contribution >= 0.6 is 11.6 Å². The van der Waals surface area contributed by atoms with Gasteiger partial charge in [-0.05, 0) is 30.7 Å². The highest BCUT2D eigenvalue weighted by Gasteiger charge is 2.23. The highest BCUT2D eigenvalue weighted by atomic mass is 35.5. The van der Waals surface area contributed by atoms with Crippen LogP contribution in [-0.2, 0) is 16.1 Å². The molecule has 2 amide bonds. The number of nitrogens with one attached hydrogen (secondary N) is 2. The van der Waals surface area contributed by atoms with Crippen molar-refractivity contribution in [2.45, 2.75) is 26.5 Å². The minimum Gasteiger partial charge on any atom is -0.493 e. The maximum absolute atomic E-state index is 13.1. The monoisotopic (exact) mass is 463 g/mol. The highest BCUT2D eigenvalue weighted by Crippen LogP contribution is 2.31. The van der Waals surface area contributed by atoms with E-state index in [0.29, 0.717) is 44.3 Å². The van der Waals surface area contributed by atoms with Gasteiger partial charge in [-0.25, -0.2) is 4.39 Å². The molecule has 2 aromatic carbocycles. The molecule has 1 unspecified atom stereocenters. The molecule has 1 atom stereocenters. The number of ether oxygens (including phenoxy) is 2. The third-order valence-corrected chi connectivity index (χ3v) is 5.27. The van der Waals surface area contributed by atoms with E-state index >= 15 is 0 Å². The molecule has 0 aliphatic carbocycles. The van der Waals surface area contributed by atoms with Crippen molar-refractivity contribution in [3.63, 3.8) is 0 Å². The van der Waals surface area contributed by atoms with Crippen LogP contribution in [0.1, 0.15) is 29.8 Å². The summed E-state index contributed by atoms with van der Waals surface area (Å²) in [5, 5.41) is 5.74. The van der Waals surface area contributed by atoms with E-state index in [-0.39, 0.29) is 34.3 Å². The number of hydrogen-bond donors (Lipinski definition) is 2. The first-order chi connectivity index (χ1) is 15.4. The van der Waals surface area contributed by atoms with Gasteiger partial charge >= 0.3 is 0 Å². The summed E-state index contributed by atoms with van der Waals surface area (Å²) in [5.41, 5.74) is 1.68. The Morgan fingerprint density at radius 1 is 1.28 bits per heavy atom. The normalized spacial score (nSPS) is 16.4. The third kappa shape index (κ3) is 6.66. The predicted molar refractivity (Wildman–Crippen MR) is 121 cm³/mol. The number of morpholine rings is 1. The average Bonchev–Trinajstić information content (AvgIpc) is 2.76. The molecule has 2 aromatic rings. The van der Waals surface area contributed by atoms with Crippen LogP contribution in [0.2, 0.25) is 5.02 Å². The number of nitrogens with zero attached hydrogens (tertiary/aromatic N) is 1.